The highest BCUT2D eigenvalue weighted by Crippen LogP contribution is 2.29. The third kappa shape index (κ3) is 3.83. The van der Waals surface area contributed by atoms with Crippen molar-refractivity contribution in [3.8, 4) is 0 Å². The molecule has 1 aliphatic rings. The maximum absolute atomic E-state index is 13.4. The van der Waals surface area contributed by atoms with E-state index in [1.165, 1.54) is 12.3 Å². The second-order valence-electron chi connectivity index (χ2n) is 4.49. The Morgan fingerprint density at radius 3 is 3.16 bits per heavy atom. The normalized spacial score (nSPS) is 22.2. The van der Waals surface area contributed by atoms with Gasteiger partial charge in [0.2, 0.25) is 0 Å². The van der Waals surface area contributed by atoms with E-state index in [9.17, 15) is 9.18 Å². The van der Waals surface area contributed by atoms with E-state index < -0.39 is 5.82 Å². The van der Waals surface area contributed by atoms with Crippen molar-refractivity contribution >= 4 is 23.5 Å². The lowest BCUT2D eigenvalue weighted by molar-refractivity contribution is 0.248. The zero-order valence-corrected chi connectivity index (χ0v) is 11.7. The number of nitrogens with zero attached hydrogens (tertiary/aromatic N) is 1. The van der Waals surface area contributed by atoms with Crippen LogP contribution in [0.3, 0.4) is 0 Å². The molecule has 0 unspecified atom stereocenters. The number of anilines is 1. The highest BCUT2D eigenvalue weighted by Gasteiger charge is 2.28. The van der Waals surface area contributed by atoms with Crippen molar-refractivity contribution in [2.75, 3.05) is 11.1 Å². The van der Waals surface area contributed by atoms with Crippen LogP contribution in [0, 0.1) is 5.82 Å². The van der Waals surface area contributed by atoms with E-state index in [0.29, 0.717) is 5.25 Å². The van der Waals surface area contributed by atoms with E-state index in [0.717, 1.165) is 31.2 Å². The van der Waals surface area contributed by atoms with E-state index in [1.54, 1.807) is 0 Å². The lowest BCUT2D eigenvalue weighted by Crippen LogP contribution is -2.41. The molecule has 0 radical (unpaired) electrons. The molecular weight excluding hydrogens is 265 g/mol. The van der Waals surface area contributed by atoms with Crippen LogP contribution in [-0.4, -0.2) is 28.1 Å². The Kier molecular flexibility index (Phi) is 5.01. The summed E-state index contributed by atoms with van der Waals surface area (Å²) < 4.78 is 13.4. The number of carbonyl (C=O) groups is 1. The predicted molar refractivity (Wildman–Crippen MR) is 75.9 cm³/mol. The van der Waals surface area contributed by atoms with Crippen molar-refractivity contribution in [2.45, 2.75) is 37.5 Å². The maximum Gasteiger partial charge on any atom is 0.319 e. The Bertz CT molecular complexity index is 444. The van der Waals surface area contributed by atoms with Gasteiger partial charge in [0.25, 0.3) is 0 Å². The first-order valence-corrected chi connectivity index (χ1v) is 7.54. The van der Waals surface area contributed by atoms with E-state index in [2.05, 4.69) is 22.5 Å². The van der Waals surface area contributed by atoms with Gasteiger partial charge in [0, 0.05) is 17.5 Å². The highest BCUT2D eigenvalue weighted by molar-refractivity contribution is 7.99. The first kappa shape index (κ1) is 14.1. The number of hydrogen-bond donors (Lipinski definition) is 2. The highest BCUT2D eigenvalue weighted by atomic mass is 32.2. The third-order valence-electron chi connectivity index (χ3n) is 3.17. The summed E-state index contributed by atoms with van der Waals surface area (Å²) in [6.07, 6.45) is 5.79. The Balaban J connectivity index is 1.89. The van der Waals surface area contributed by atoms with Crippen molar-refractivity contribution in [3.05, 3.63) is 24.3 Å². The molecule has 1 fully saturated rings. The summed E-state index contributed by atoms with van der Waals surface area (Å²) in [5.74, 6) is 0.521. The molecule has 104 valence electrons. The number of aromatic nitrogens is 1. The minimum absolute atomic E-state index is 0.158. The van der Waals surface area contributed by atoms with Gasteiger partial charge in [-0.15, -0.1) is 0 Å². The smallest absolute Gasteiger partial charge is 0.319 e. The molecule has 6 heteroatoms. The largest absolute Gasteiger partial charge is 0.334 e. The van der Waals surface area contributed by atoms with Gasteiger partial charge in [-0.25, -0.2) is 9.18 Å². The minimum atomic E-state index is -0.524. The van der Waals surface area contributed by atoms with E-state index >= 15 is 0 Å². The number of nitrogens with one attached hydrogen (secondary N) is 2. The summed E-state index contributed by atoms with van der Waals surface area (Å²) in [4.78, 5) is 15.5. The number of urea groups is 1. The predicted octanol–water partition coefficient (Wildman–Crippen LogP) is 3.02. The molecule has 1 saturated carbocycles. The van der Waals surface area contributed by atoms with Crippen molar-refractivity contribution in [2.24, 2.45) is 0 Å². The topological polar surface area (TPSA) is 54.0 Å². The number of hydrogen-bond acceptors (Lipinski definition) is 3. The van der Waals surface area contributed by atoms with Crippen LogP contribution in [0.5, 0.6) is 0 Å². The molecule has 0 saturated heterocycles. The average molecular weight is 283 g/mol. The van der Waals surface area contributed by atoms with Gasteiger partial charge in [0.05, 0.1) is 11.9 Å². The van der Waals surface area contributed by atoms with Crippen LogP contribution < -0.4 is 10.6 Å². The number of halogens is 1. The number of pyridine rings is 1. The molecule has 1 aliphatic carbocycles. The molecule has 1 heterocycles. The molecule has 0 spiro atoms. The van der Waals surface area contributed by atoms with Crippen LogP contribution in [0.2, 0.25) is 0 Å². The Hall–Kier alpha value is -1.30. The van der Waals surface area contributed by atoms with Gasteiger partial charge in [-0.1, -0.05) is 13.3 Å². The van der Waals surface area contributed by atoms with Crippen LogP contribution in [0.4, 0.5) is 14.9 Å². The van der Waals surface area contributed by atoms with E-state index in [4.69, 9.17) is 0 Å². The second-order valence-corrected chi connectivity index (χ2v) is 6.00. The van der Waals surface area contributed by atoms with Gasteiger partial charge in [-0.3, -0.25) is 4.98 Å². The van der Waals surface area contributed by atoms with Crippen LogP contribution >= 0.6 is 11.8 Å². The van der Waals surface area contributed by atoms with Gasteiger partial charge in [-0.05, 0) is 24.7 Å². The molecular formula is C13H18FN3OS. The van der Waals surface area contributed by atoms with E-state index in [-0.39, 0.29) is 17.8 Å². The fourth-order valence-electron chi connectivity index (χ4n) is 2.31. The molecule has 2 N–H and O–H groups in total. The lowest BCUT2D eigenvalue weighted by Gasteiger charge is -2.20. The van der Waals surface area contributed by atoms with Gasteiger partial charge in [-0.2, -0.15) is 11.8 Å². The Morgan fingerprint density at radius 1 is 1.58 bits per heavy atom. The summed E-state index contributed by atoms with van der Waals surface area (Å²) in [7, 11) is 0. The van der Waals surface area contributed by atoms with Gasteiger partial charge in [0.15, 0.2) is 5.82 Å². The van der Waals surface area contributed by atoms with Crippen molar-refractivity contribution in [1.29, 1.82) is 0 Å². The molecule has 2 rings (SSSR count). The second kappa shape index (κ2) is 6.75. The summed E-state index contributed by atoms with van der Waals surface area (Å²) in [6.45, 7) is 2.12. The SMILES string of the molecule is CCS[C@H]1CCC[C@@H]1NC(=O)Nc1ccncc1F. The molecule has 2 amide bonds. The number of carbonyl (C=O) groups excluding carboxylic acids is 1. The third-order valence-corrected chi connectivity index (χ3v) is 4.50. The molecule has 19 heavy (non-hydrogen) atoms. The summed E-state index contributed by atoms with van der Waals surface area (Å²) in [5.41, 5.74) is 0.158. The van der Waals surface area contributed by atoms with Gasteiger partial charge in [0.1, 0.15) is 0 Å². The Morgan fingerprint density at radius 2 is 2.42 bits per heavy atom. The van der Waals surface area contributed by atoms with Crippen molar-refractivity contribution < 1.29 is 9.18 Å². The molecule has 2 atom stereocenters. The molecule has 0 bridgehead atoms. The quantitative estimate of drug-likeness (QED) is 0.893. The number of rotatable bonds is 4. The maximum atomic E-state index is 13.4. The summed E-state index contributed by atoms with van der Waals surface area (Å²) >= 11 is 1.87. The zero-order valence-electron chi connectivity index (χ0n) is 10.9. The van der Waals surface area contributed by atoms with Gasteiger partial charge < -0.3 is 10.6 Å². The first-order valence-electron chi connectivity index (χ1n) is 6.49. The molecule has 4 nitrogen and oxygen atoms in total. The number of amides is 2. The van der Waals surface area contributed by atoms with Crippen molar-refractivity contribution in [3.63, 3.8) is 0 Å². The molecule has 0 aliphatic heterocycles. The van der Waals surface area contributed by atoms with Gasteiger partial charge >= 0.3 is 6.03 Å². The average Bonchev–Trinajstić information content (AvgIpc) is 2.80. The molecule has 0 aromatic carbocycles. The van der Waals surface area contributed by atoms with E-state index in [1.807, 2.05) is 11.8 Å². The standard InChI is InChI=1S/C13H18FN3OS/c1-2-19-12-5-3-4-11(12)17-13(18)16-10-6-7-15-8-9(10)14/h6-8,11-12H,2-5H2,1H3,(H2,15,16,17,18)/t11-,12-/m0/s1. The Labute approximate surface area is 116 Å². The fraction of sp³-hybridized carbons (Fsp3) is 0.538. The summed E-state index contributed by atoms with van der Waals surface area (Å²) in [6, 6.07) is 1.27. The molecule has 1 aromatic rings. The van der Waals surface area contributed by atoms with Crippen LogP contribution in [0.1, 0.15) is 26.2 Å². The minimum Gasteiger partial charge on any atom is -0.334 e. The lowest BCUT2D eigenvalue weighted by atomic mass is 10.2. The van der Waals surface area contributed by atoms with Crippen LogP contribution in [0.15, 0.2) is 18.5 Å². The van der Waals surface area contributed by atoms with Crippen LogP contribution in [0.25, 0.3) is 0 Å². The molecule has 1 aromatic heterocycles. The van der Waals surface area contributed by atoms with Crippen LogP contribution in [-0.2, 0) is 0 Å². The first-order chi connectivity index (χ1) is 9.20. The fourth-order valence-corrected chi connectivity index (χ4v) is 3.51. The summed E-state index contributed by atoms with van der Waals surface area (Å²) in [5, 5.41) is 5.93. The van der Waals surface area contributed by atoms with Crippen molar-refractivity contribution in [1.82, 2.24) is 10.3 Å². The number of thioether (sulfide) groups is 1. The monoisotopic (exact) mass is 283 g/mol. The zero-order chi connectivity index (χ0) is 13.7.